The van der Waals surface area contributed by atoms with E-state index in [1.807, 2.05) is 72.8 Å². The van der Waals surface area contributed by atoms with Crippen molar-refractivity contribution in [2.45, 2.75) is 63.1 Å². The van der Waals surface area contributed by atoms with Crippen molar-refractivity contribution in [1.82, 2.24) is 10.2 Å². The lowest BCUT2D eigenvalue weighted by atomic mass is 9.94. The number of carbonyl (C=O) groups is 3. The van der Waals surface area contributed by atoms with E-state index >= 15 is 0 Å². The van der Waals surface area contributed by atoms with Crippen LogP contribution in [0.2, 0.25) is 0 Å². The van der Waals surface area contributed by atoms with Crippen LogP contribution in [-0.4, -0.2) is 66.7 Å². The number of methoxy groups -OCH3 is 1. The third kappa shape index (κ3) is 8.50. The Hall–Kier alpha value is -3.49. The van der Waals surface area contributed by atoms with Gasteiger partial charge >= 0.3 is 5.97 Å². The molecule has 2 heterocycles. The van der Waals surface area contributed by atoms with E-state index in [9.17, 15) is 19.5 Å². The van der Waals surface area contributed by atoms with Gasteiger partial charge in [-0.1, -0.05) is 72.8 Å². The molecule has 0 spiro atoms. The van der Waals surface area contributed by atoms with Crippen molar-refractivity contribution in [3.63, 3.8) is 0 Å². The monoisotopic (exact) mass is 562 g/mol. The zero-order valence-corrected chi connectivity index (χ0v) is 23.8. The van der Waals surface area contributed by atoms with Crippen LogP contribution < -0.4 is 5.32 Å². The zero-order chi connectivity index (χ0) is 29.0. The molecular formula is C33H42N2O6. The van der Waals surface area contributed by atoms with Crippen molar-refractivity contribution in [2.24, 2.45) is 11.8 Å². The average Bonchev–Trinajstić information content (AvgIpc) is 3.48. The fraction of sp³-hybridized carbons (Fsp3) is 0.485. The fourth-order valence-electron chi connectivity index (χ4n) is 5.77. The third-order valence-corrected chi connectivity index (χ3v) is 8.04. The van der Waals surface area contributed by atoms with Crippen molar-refractivity contribution < 1.29 is 29.0 Å². The van der Waals surface area contributed by atoms with Gasteiger partial charge in [0.25, 0.3) is 0 Å². The highest BCUT2D eigenvalue weighted by atomic mass is 16.5. The third-order valence-electron chi connectivity index (χ3n) is 8.04. The minimum atomic E-state index is -0.770. The minimum absolute atomic E-state index is 0.0405. The number of amides is 2. The molecular weight excluding hydrogens is 520 g/mol. The lowest BCUT2D eigenvalue weighted by Gasteiger charge is -2.31. The van der Waals surface area contributed by atoms with E-state index in [-0.39, 0.29) is 49.4 Å². The normalized spacial score (nSPS) is 25.9. The number of nitrogens with one attached hydrogen (secondary N) is 1. The average molecular weight is 563 g/mol. The van der Waals surface area contributed by atoms with Crippen molar-refractivity contribution in [1.29, 1.82) is 0 Å². The second kappa shape index (κ2) is 15.5. The summed E-state index contributed by atoms with van der Waals surface area (Å²) in [7, 11) is 1.54. The smallest absolute Gasteiger partial charge is 0.309 e. The van der Waals surface area contributed by atoms with Crippen LogP contribution in [0.1, 0.15) is 55.8 Å². The van der Waals surface area contributed by atoms with Gasteiger partial charge in [0.2, 0.25) is 11.8 Å². The fourth-order valence-corrected chi connectivity index (χ4v) is 5.77. The van der Waals surface area contributed by atoms with Crippen LogP contribution >= 0.6 is 0 Å². The van der Waals surface area contributed by atoms with Crippen molar-refractivity contribution >= 4 is 17.8 Å². The Labute approximate surface area is 242 Å². The van der Waals surface area contributed by atoms with Crippen LogP contribution in [-0.2, 0) is 30.3 Å². The van der Waals surface area contributed by atoms with Gasteiger partial charge in [-0.15, -0.1) is 0 Å². The number of rotatable bonds is 8. The molecule has 220 valence electrons. The number of likely N-dealkylation sites (tertiary alicyclic amines) is 1. The van der Waals surface area contributed by atoms with Gasteiger partial charge in [0, 0.05) is 20.1 Å². The number of aliphatic hydroxyl groups excluding tert-OH is 1. The first-order valence-electron chi connectivity index (χ1n) is 14.6. The number of nitrogens with zero attached hydrogens (tertiary/aromatic N) is 1. The van der Waals surface area contributed by atoms with Crippen LogP contribution in [0.4, 0.5) is 0 Å². The Bertz CT molecular complexity index is 1150. The van der Waals surface area contributed by atoms with Gasteiger partial charge in [-0.2, -0.15) is 0 Å². The summed E-state index contributed by atoms with van der Waals surface area (Å²) >= 11 is 0. The molecule has 0 radical (unpaired) electrons. The second-order valence-corrected chi connectivity index (χ2v) is 11.0. The molecule has 8 heteroatoms. The predicted molar refractivity (Wildman–Crippen MR) is 156 cm³/mol. The molecule has 1 fully saturated rings. The molecule has 1 saturated heterocycles. The van der Waals surface area contributed by atoms with E-state index < -0.39 is 18.1 Å². The standard InChI is InChI=1S/C33H42N2O6/c1-40-23-29-31(25-14-7-3-8-15-25)41-33(39)27(20-24-12-5-2-6-13-24)17-10-4-9-16-26(32(38)34-29)21-30(37)35-19-11-18-28(35)22-36/h2-9,12-15,26-29,31,36H,10-11,16-23H2,1H3,(H,34,38)/t26-,27-,28+,29+,31+/m1/s1. The van der Waals surface area contributed by atoms with E-state index in [1.54, 1.807) is 12.0 Å². The summed E-state index contributed by atoms with van der Waals surface area (Å²) in [6.07, 6.45) is 6.99. The predicted octanol–water partition coefficient (Wildman–Crippen LogP) is 3.99. The Kier molecular flexibility index (Phi) is 11.5. The Morgan fingerprint density at radius 3 is 2.46 bits per heavy atom. The number of cyclic esters (lactones) is 1. The number of ether oxygens (including phenoxy) is 2. The maximum atomic E-state index is 13.7. The van der Waals surface area contributed by atoms with Gasteiger partial charge < -0.3 is 24.8 Å². The highest BCUT2D eigenvalue weighted by Gasteiger charge is 2.35. The number of allylic oxidation sites excluding steroid dienone is 2. The van der Waals surface area contributed by atoms with E-state index in [2.05, 4.69) is 5.32 Å². The maximum absolute atomic E-state index is 13.7. The van der Waals surface area contributed by atoms with Crippen molar-refractivity contribution in [3.05, 3.63) is 83.9 Å². The van der Waals surface area contributed by atoms with Crippen molar-refractivity contribution in [3.8, 4) is 0 Å². The van der Waals surface area contributed by atoms with Gasteiger partial charge in [-0.3, -0.25) is 14.4 Å². The van der Waals surface area contributed by atoms with Gasteiger partial charge in [-0.25, -0.2) is 0 Å². The van der Waals surface area contributed by atoms with Crippen LogP contribution in [0, 0.1) is 11.8 Å². The second-order valence-electron chi connectivity index (χ2n) is 11.0. The molecule has 0 unspecified atom stereocenters. The van der Waals surface area contributed by atoms with E-state index in [4.69, 9.17) is 9.47 Å². The Morgan fingerprint density at radius 2 is 1.76 bits per heavy atom. The summed E-state index contributed by atoms with van der Waals surface area (Å²) in [4.78, 5) is 42.3. The number of hydrogen-bond acceptors (Lipinski definition) is 6. The minimum Gasteiger partial charge on any atom is -0.455 e. The first-order chi connectivity index (χ1) is 20.0. The summed E-state index contributed by atoms with van der Waals surface area (Å²) in [6.45, 7) is 0.638. The highest BCUT2D eigenvalue weighted by Crippen LogP contribution is 2.28. The van der Waals surface area contributed by atoms with Gasteiger partial charge in [0.1, 0.15) is 6.10 Å². The van der Waals surface area contributed by atoms with Gasteiger partial charge in [-0.05, 0) is 49.7 Å². The largest absolute Gasteiger partial charge is 0.455 e. The molecule has 5 atom stereocenters. The quantitative estimate of drug-likeness (QED) is 0.372. The zero-order valence-electron chi connectivity index (χ0n) is 23.8. The number of hydrogen-bond donors (Lipinski definition) is 2. The number of carbonyl (C=O) groups excluding carboxylic acids is 3. The van der Waals surface area contributed by atoms with E-state index in [0.717, 1.165) is 24.0 Å². The maximum Gasteiger partial charge on any atom is 0.309 e. The first kappa shape index (κ1) is 30.5. The van der Waals surface area contributed by atoms with Crippen LogP contribution in [0.25, 0.3) is 0 Å². The highest BCUT2D eigenvalue weighted by molar-refractivity contribution is 5.86. The molecule has 8 nitrogen and oxygen atoms in total. The molecule has 2 aromatic carbocycles. The van der Waals surface area contributed by atoms with Gasteiger partial charge in [0.05, 0.1) is 37.1 Å². The summed E-state index contributed by atoms with van der Waals surface area (Å²) in [5.41, 5.74) is 1.81. The molecule has 0 aromatic heterocycles. The van der Waals surface area contributed by atoms with Crippen LogP contribution in [0.5, 0.6) is 0 Å². The Balaban J connectivity index is 1.62. The molecule has 0 saturated carbocycles. The number of esters is 1. The number of aliphatic hydroxyl groups is 1. The van der Waals surface area contributed by atoms with Crippen LogP contribution in [0.15, 0.2) is 72.8 Å². The summed E-state index contributed by atoms with van der Waals surface area (Å²) in [6, 6.07) is 18.4. The molecule has 41 heavy (non-hydrogen) atoms. The summed E-state index contributed by atoms with van der Waals surface area (Å²) in [5.74, 6) is -1.71. The molecule has 2 aromatic rings. The molecule has 2 N–H and O–H groups in total. The topological polar surface area (TPSA) is 105 Å². The van der Waals surface area contributed by atoms with E-state index in [0.29, 0.717) is 32.2 Å². The van der Waals surface area contributed by atoms with Gasteiger partial charge in [0.15, 0.2) is 0 Å². The molecule has 0 bridgehead atoms. The number of benzene rings is 2. The lowest BCUT2D eigenvalue weighted by molar-refractivity contribution is -0.158. The summed E-state index contributed by atoms with van der Waals surface area (Å²) in [5, 5.41) is 12.8. The molecule has 4 rings (SSSR count). The SMILES string of the molecule is COC[C@@H]1NC(=O)[C@@H](CC(=O)N2CCC[C@H]2CO)CC=CCC[C@H](Cc2ccccc2)C(=O)O[C@H]1c1ccccc1. The van der Waals surface area contributed by atoms with E-state index in [1.165, 1.54) is 0 Å². The van der Waals surface area contributed by atoms with Crippen molar-refractivity contribution in [2.75, 3.05) is 26.9 Å². The first-order valence-corrected chi connectivity index (χ1v) is 14.6. The Morgan fingerprint density at radius 1 is 1.02 bits per heavy atom. The summed E-state index contributed by atoms with van der Waals surface area (Å²) < 4.78 is 11.7. The lowest BCUT2D eigenvalue weighted by Crippen LogP contribution is -2.47. The van der Waals surface area contributed by atoms with Crippen LogP contribution in [0.3, 0.4) is 0 Å². The molecule has 2 amide bonds. The molecule has 2 aliphatic heterocycles. The molecule has 0 aliphatic carbocycles. The molecule has 2 aliphatic rings.